The average Bonchev–Trinajstić information content (AvgIpc) is 2.43. The molecule has 0 saturated heterocycles. The van der Waals surface area contributed by atoms with Crippen molar-refractivity contribution in [2.24, 2.45) is 5.73 Å². The molecule has 0 bridgehead atoms. The van der Waals surface area contributed by atoms with Gasteiger partial charge in [-0.15, -0.1) is 0 Å². The predicted octanol–water partition coefficient (Wildman–Crippen LogP) is 3.77. The molecule has 0 fully saturated rings. The van der Waals surface area contributed by atoms with Crippen LogP contribution in [-0.4, -0.2) is 6.61 Å². The van der Waals surface area contributed by atoms with Gasteiger partial charge in [-0.1, -0.05) is 40.2 Å². The number of hydrogen-bond acceptors (Lipinski definition) is 2. The van der Waals surface area contributed by atoms with Crippen molar-refractivity contribution in [2.75, 3.05) is 6.61 Å². The third-order valence-electron chi connectivity index (χ3n) is 3.75. The average molecular weight is 336 g/mol. The molecule has 2 N–H and O–H groups in total. The Hall–Kier alpha value is -1.39. The second-order valence-corrected chi connectivity index (χ2v) is 6.02. The largest absolute Gasteiger partial charge is 0.493 e. The van der Waals surface area contributed by atoms with Gasteiger partial charge in [0.1, 0.15) is 11.6 Å². The van der Waals surface area contributed by atoms with E-state index >= 15 is 0 Å². The fourth-order valence-corrected chi connectivity index (χ4v) is 3.16. The van der Waals surface area contributed by atoms with E-state index in [0.29, 0.717) is 13.0 Å². The van der Waals surface area contributed by atoms with Crippen molar-refractivity contribution in [2.45, 2.75) is 18.4 Å². The molecule has 1 aliphatic heterocycles. The number of fused-ring (bicyclic) bond motifs is 1. The van der Waals surface area contributed by atoms with Crippen LogP contribution in [0, 0.1) is 5.82 Å². The summed E-state index contributed by atoms with van der Waals surface area (Å²) in [4.78, 5) is 0. The molecule has 0 spiro atoms. The van der Waals surface area contributed by atoms with Gasteiger partial charge in [-0.05, 0) is 30.2 Å². The van der Waals surface area contributed by atoms with Crippen LogP contribution in [0.15, 0.2) is 46.9 Å². The summed E-state index contributed by atoms with van der Waals surface area (Å²) in [6.45, 7) is 0.603. The zero-order valence-corrected chi connectivity index (χ0v) is 12.5. The highest BCUT2D eigenvalue weighted by Crippen LogP contribution is 2.38. The summed E-state index contributed by atoms with van der Waals surface area (Å²) in [6, 6.07) is 12.6. The molecule has 1 heterocycles. The van der Waals surface area contributed by atoms with Crippen LogP contribution in [-0.2, 0) is 12.0 Å². The fourth-order valence-electron chi connectivity index (χ4n) is 2.67. The Bertz CT molecular complexity index is 646. The molecule has 2 aromatic rings. The van der Waals surface area contributed by atoms with E-state index in [-0.39, 0.29) is 5.82 Å². The molecule has 0 amide bonds. The monoisotopic (exact) mass is 335 g/mol. The maximum Gasteiger partial charge on any atom is 0.124 e. The highest BCUT2D eigenvalue weighted by molar-refractivity contribution is 9.10. The van der Waals surface area contributed by atoms with Crippen molar-refractivity contribution < 1.29 is 9.13 Å². The summed E-state index contributed by atoms with van der Waals surface area (Å²) >= 11 is 3.41. The second-order valence-electron chi connectivity index (χ2n) is 5.16. The van der Waals surface area contributed by atoms with Gasteiger partial charge in [-0.25, -0.2) is 4.39 Å². The van der Waals surface area contributed by atoms with Gasteiger partial charge in [0.05, 0.1) is 12.1 Å². The van der Waals surface area contributed by atoms with Crippen molar-refractivity contribution >= 4 is 15.9 Å². The number of rotatable bonds is 2. The molecule has 4 heteroatoms. The zero-order valence-electron chi connectivity index (χ0n) is 10.9. The fraction of sp³-hybridized carbons (Fsp3) is 0.250. The number of benzene rings is 2. The minimum atomic E-state index is -0.477. The Morgan fingerprint density at radius 3 is 2.85 bits per heavy atom. The molecule has 20 heavy (non-hydrogen) atoms. The topological polar surface area (TPSA) is 35.2 Å². The SMILES string of the molecule is NC1(Cc2ccc(F)cc2Br)CCOc2ccccc21. The molecular formula is C16H15BrFNO. The van der Waals surface area contributed by atoms with Crippen LogP contribution in [0.1, 0.15) is 17.5 Å². The Balaban J connectivity index is 1.98. The molecule has 0 aliphatic carbocycles. The van der Waals surface area contributed by atoms with Gasteiger partial charge in [0.2, 0.25) is 0 Å². The number of halogens is 2. The van der Waals surface area contributed by atoms with Gasteiger partial charge in [0.15, 0.2) is 0 Å². The maximum atomic E-state index is 13.2. The summed E-state index contributed by atoms with van der Waals surface area (Å²) in [5.74, 6) is 0.596. The predicted molar refractivity (Wildman–Crippen MR) is 80.2 cm³/mol. The summed E-state index contributed by atoms with van der Waals surface area (Å²) in [7, 11) is 0. The van der Waals surface area contributed by atoms with Gasteiger partial charge >= 0.3 is 0 Å². The van der Waals surface area contributed by atoms with Crippen LogP contribution < -0.4 is 10.5 Å². The zero-order chi connectivity index (χ0) is 14.2. The van der Waals surface area contributed by atoms with E-state index in [2.05, 4.69) is 15.9 Å². The van der Waals surface area contributed by atoms with Gasteiger partial charge in [0.25, 0.3) is 0 Å². The van der Waals surface area contributed by atoms with E-state index in [9.17, 15) is 4.39 Å². The van der Waals surface area contributed by atoms with Crippen molar-refractivity contribution in [1.82, 2.24) is 0 Å². The molecule has 3 rings (SSSR count). The van der Waals surface area contributed by atoms with Crippen LogP contribution in [0.4, 0.5) is 4.39 Å². The van der Waals surface area contributed by atoms with E-state index in [4.69, 9.17) is 10.5 Å². The third kappa shape index (κ3) is 2.45. The summed E-state index contributed by atoms with van der Waals surface area (Å²) in [6.07, 6.45) is 1.39. The first-order valence-electron chi connectivity index (χ1n) is 6.54. The van der Waals surface area contributed by atoms with Gasteiger partial charge in [-0.3, -0.25) is 0 Å². The molecule has 2 nitrogen and oxygen atoms in total. The number of ether oxygens (including phenoxy) is 1. The molecule has 0 radical (unpaired) electrons. The van der Waals surface area contributed by atoms with Gasteiger partial charge in [0, 0.05) is 16.5 Å². The highest BCUT2D eigenvalue weighted by Gasteiger charge is 2.34. The van der Waals surface area contributed by atoms with Crippen LogP contribution in [0.5, 0.6) is 5.75 Å². The second kappa shape index (κ2) is 5.19. The summed E-state index contributed by atoms with van der Waals surface area (Å²) < 4.78 is 19.6. The van der Waals surface area contributed by atoms with E-state index in [1.165, 1.54) is 12.1 Å². The lowest BCUT2D eigenvalue weighted by atomic mass is 9.80. The lowest BCUT2D eigenvalue weighted by molar-refractivity contribution is 0.215. The van der Waals surface area contributed by atoms with E-state index in [1.807, 2.05) is 24.3 Å². The normalized spacial score (nSPS) is 21.1. The van der Waals surface area contributed by atoms with Crippen LogP contribution in [0.3, 0.4) is 0 Å². The third-order valence-corrected chi connectivity index (χ3v) is 4.49. The minimum Gasteiger partial charge on any atom is -0.493 e. The van der Waals surface area contributed by atoms with E-state index in [0.717, 1.165) is 27.8 Å². The highest BCUT2D eigenvalue weighted by atomic mass is 79.9. The molecule has 2 aromatic carbocycles. The minimum absolute atomic E-state index is 0.251. The lowest BCUT2D eigenvalue weighted by Crippen LogP contribution is -2.43. The standard InChI is InChI=1S/C16H15BrFNO/c17-14-9-12(18)6-5-11(14)10-16(19)7-8-20-15-4-2-1-3-13(15)16/h1-6,9H,7-8,10,19H2. The molecule has 1 aliphatic rings. The first kappa shape index (κ1) is 13.6. The van der Waals surface area contributed by atoms with Crippen molar-refractivity contribution in [3.63, 3.8) is 0 Å². The molecule has 0 saturated carbocycles. The summed E-state index contributed by atoms with van der Waals surface area (Å²) in [5, 5.41) is 0. The Morgan fingerprint density at radius 1 is 1.25 bits per heavy atom. The van der Waals surface area contributed by atoms with Crippen LogP contribution in [0.25, 0.3) is 0 Å². The number of nitrogens with two attached hydrogens (primary N) is 1. The molecule has 1 unspecified atom stereocenters. The van der Waals surface area contributed by atoms with Gasteiger partial charge < -0.3 is 10.5 Å². The first-order chi connectivity index (χ1) is 9.58. The maximum absolute atomic E-state index is 13.2. The van der Waals surface area contributed by atoms with Crippen molar-refractivity contribution in [3.8, 4) is 5.75 Å². The van der Waals surface area contributed by atoms with Crippen LogP contribution in [0.2, 0.25) is 0 Å². The lowest BCUT2D eigenvalue weighted by Gasteiger charge is -2.36. The molecule has 104 valence electrons. The van der Waals surface area contributed by atoms with Gasteiger partial charge in [-0.2, -0.15) is 0 Å². The smallest absolute Gasteiger partial charge is 0.124 e. The van der Waals surface area contributed by atoms with E-state index in [1.54, 1.807) is 6.07 Å². The Labute approximate surface area is 125 Å². The van der Waals surface area contributed by atoms with Crippen molar-refractivity contribution in [3.05, 3.63) is 63.9 Å². The molecule has 1 atom stereocenters. The quantitative estimate of drug-likeness (QED) is 0.906. The molecular weight excluding hydrogens is 321 g/mol. The Morgan fingerprint density at radius 2 is 2.05 bits per heavy atom. The summed E-state index contributed by atoms with van der Waals surface area (Å²) in [5.41, 5.74) is 8.16. The van der Waals surface area contributed by atoms with Crippen molar-refractivity contribution in [1.29, 1.82) is 0 Å². The van der Waals surface area contributed by atoms with Crippen LogP contribution >= 0.6 is 15.9 Å². The molecule has 0 aromatic heterocycles. The van der Waals surface area contributed by atoms with E-state index < -0.39 is 5.54 Å². The first-order valence-corrected chi connectivity index (χ1v) is 7.33. The Kier molecular flexibility index (Phi) is 3.52. The number of hydrogen-bond donors (Lipinski definition) is 1. The number of para-hydroxylation sites is 1.